The zero-order chi connectivity index (χ0) is 11.0. The SMILES string of the molecule is COc1c(C(=O)O)ccc(O)c1C1CC1. The van der Waals surface area contributed by atoms with Gasteiger partial charge in [0.2, 0.25) is 0 Å². The molecule has 1 aliphatic carbocycles. The van der Waals surface area contributed by atoms with Crippen LogP contribution in [0.25, 0.3) is 0 Å². The first kappa shape index (κ1) is 9.83. The summed E-state index contributed by atoms with van der Waals surface area (Å²) in [5.74, 6) is -0.364. The Morgan fingerprint density at radius 2 is 2.13 bits per heavy atom. The number of ether oxygens (including phenoxy) is 1. The van der Waals surface area contributed by atoms with E-state index in [1.165, 1.54) is 19.2 Å². The highest BCUT2D eigenvalue weighted by atomic mass is 16.5. The lowest BCUT2D eigenvalue weighted by molar-refractivity contribution is 0.0693. The molecule has 0 aliphatic heterocycles. The van der Waals surface area contributed by atoms with E-state index in [2.05, 4.69) is 0 Å². The summed E-state index contributed by atoms with van der Waals surface area (Å²) in [6.07, 6.45) is 1.96. The molecular formula is C11H12O4. The number of aromatic hydroxyl groups is 1. The standard InChI is InChI=1S/C11H12O4/c1-15-10-7(11(13)14)4-5-8(12)9(10)6-2-3-6/h4-6,12H,2-3H2,1H3,(H,13,14). The smallest absolute Gasteiger partial charge is 0.339 e. The van der Waals surface area contributed by atoms with Crippen LogP contribution in [-0.2, 0) is 0 Å². The van der Waals surface area contributed by atoms with Crippen LogP contribution in [0.1, 0.15) is 34.7 Å². The average molecular weight is 208 g/mol. The molecule has 1 saturated carbocycles. The zero-order valence-electron chi connectivity index (χ0n) is 8.36. The van der Waals surface area contributed by atoms with Crippen LogP contribution in [0.2, 0.25) is 0 Å². The summed E-state index contributed by atoms with van der Waals surface area (Å²) in [6, 6.07) is 2.78. The molecule has 1 aliphatic rings. The molecule has 1 fully saturated rings. The molecule has 2 rings (SSSR count). The molecular weight excluding hydrogens is 196 g/mol. The highest BCUT2D eigenvalue weighted by molar-refractivity contribution is 5.92. The van der Waals surface area contributed by atoms with Gasteiger partial charge in [0, 0.05) is 5.56 Å². The Morgan fingerprint density at radius 1 is 1.47 bits per heavy atom. The summed E-state index contributed by atoms with van der Waals surface area (Å²) < 4.78 is 5.08. The number of hydrogen-bond acceptors (Lipinski definition) is 3. The van der Waals surface area contributed by atoms with Crippen molar-refractivity contribution in [1.29, 1.82) is 0 Å². The second kappa shape index (κ2) is 3.46. The van der Waals surface area contributed by atoms with Crippen molar-refractivity contribution in [3.8, 4) is 11.5 Å². The Morgan fingerprint density at radius 3 is 2.60 bits per heavy atom. The van der Waals surface area contributed by atoms with Gasteiger partial charge < -0.3 is 14.9 Å². The lowest BCUT2D eigenvalue weighted by atomic mass is 10.0. The largest absolute Gasteiger partial charge is 0.508 e. The molecule has 2 N–H and O–H groups in total. The zero-order valence-corrected chi connectivity index (χ0v) is 8.36. The predicted octanol–water partition coefficient (Wildman–Crippen LogP) is 1.98. The molecule has 0 amide bonds. The Labute approximate surface area is 87.1 Å². The molecule has 0 bridgehead atoms. The van der Waals surface area contributed by atoms with Crippen LogP contribution in [0.5, 0.6) is 11.5 Å². The number of benzene rings is 1. The van der Waals surface area contributed by atoms with Crippen molar-refractivity contribution in [2.75, 3.05) is 7.11 Å². The fourth-order valence-electron chi connectivity index (χ4n) is 1.74. The van der Waals surface area contributed by atoms with Crippen LogP contribution in [0.3, 0.4) is 0 Å². The lowest BCUT2D eigenvalue weighted by Gasteiger charge is -2.12. The normalized spacial score (nSPS) is 15.0. The first-order chi connectivity index (χ1) is 7.15. The molecule has 0 saturated heterocycles. The van der Waals surface area contributed by atoms with Crippen molar-refractivity contribution in [2.45, 2.75) is 18.8 Å². The van der Waals surface area contributed by atoms with E-state index < -0.39 is 5.97 Å². The molecule has 0 aromatic heterocycles. The van der Waals surface area contributed by atoms with Crippen LogP contribution in [0, 0.1) is 0 Å². The molecule has 0 heterocycles. The summed E-state index contributed by atoms with van der Waals surface area (Å²) in [5, 5.41) is 18.6. The average Bonchev–Trinajstić information content (AvgIpc) is 3.00. The maximum Gasteiger partial charge on any atom is 0.339 e. The van der Waals surface area contributed by atoms with Crippen LogP contribution >= 0.6 is 0 Å². The molecule has 1 aromatic carbocycles. The molecule has 80 valence electrons. The summed E-state index contributed by atoms with van der Waals surface area (Å²) >= 11 is 0. The third kappa shape index (κ3) is 1.63. The van der Waals surface area contributed by atoms with E-state index in [9.17, 15) is 9.90 Å². The van der Waals surface area contributed by atoms with Gasteiger partial charge in [-0.05, 0) is 30.9 Å². The Hall–Kier alpha value is -1.71. The molecule has 15 heavy (non-hydrogen) atoms. The lowest BCUT2D eigenvalue weighted by Crippen LogP contribution is -2.03. The Bertz CT molecular complexity index is 407. The highest BCUT2D eigenvalue weighted by Crippen LogP contribution is 2.49. The molecule has 0 radical (unpaired) electrons. The minimum absolute atomic E-state index is 0.109. The quantitative estimate of drug-likeness (QED) is 0.797. The Kier molecular flexibility index (Phi) is 2.26. The van der Waals surface area contributed by atoms with Gasteiger partial charge in [0.1, 0.15) is 17.1 Å². The van der Waals surface area contributed by atoms with Gasteiger partial charge in [-0.3, -0.25) is 0 Å². The van der Waals surface area contributed by atoms with Crippen molar-refractivity contribution in [3.63, 3.8) is 0 Å². The van der Waals surface area contributed by atoms with Crippen molar-refractivity contribution in [3.05, 3.63) is 23.3 Å². The maximum absolute atomic E-state index is 10.9. The number of carboxylic acid groups (broad SMARTS) is 1. The number of carboxylic acids is 1. The number of carbonyl (C=O) groups is 1. The van der Waals surface area contributed by atoms with Crippen molar-refractivity contribution >= 4 is 5.97 Å². The van der Waals surface area contributed by atoms with Gasteiger partial charge in [0.25, 0.3) is 0 Å². The van der Waals surface area contributed by atoms with E-state index in [4.69, 9.17) is 9.84 Å². The van der Waals surface area contributed by atoms with Crippen LogP contribution in [-0.4, -0.2) is 23.3 Å². The molecule has 0 atom stereocenters. The van der Waals surface area contributed by atoms with Gasteiger partial charge >= 0.3 is 5.97 Å². The molecule has 4 heteroatoms. The molecule has 4 nitrogen and oxygen atoms in total. The van der Waals surface area contributed by atoms with Crippen LogP contribution in [0.15, 0.2) is 12.1 Å². The van der Waals surface area contributed by atoms with E-state index in [0.29, 0.717) is 11.3 Å². The number of phenolic OH excluding ortho intramolecular Hbond substituents is 1. The van der Waals surface area contributed by atoms with E-state index >= 15 is 0 Å². The second-order valence-electron chi connectivity index (χ2n) is 3.66. The summed E-state index contributed by atoms with van der Waals surface area (Å²) in [7, 11) is 1.42. The van der Waals surface area contributed by atoms with Crippen LogP contribution < -0.4 is 4.74 Å². The number of hydrogen-bond donors (Lipinski definition) is 2. The van der Waals surface area contributed by atoms with Gasteiger partial charge in [0.05, 0.1) is 7.11 Å². The van der Waals surface area contributed by atoms with Gasteiger partial charge in [-0.15, -0.1) is 0 Å². The molecule has 0 spiro atoms. The third-order valence-electron chi connectivity index (χ3n) is 2.59. The van der Waals surface area contributed by atoms with E-state index in [1.54, 1.807) is 0 Å². The fraction of sp³-hybridized carbons (Fsp3) is 0.364. The van der Waals surface area contributed by atoms with Gasteiger partial charge in [-0.1, -0.05) is 0 Å². The number of phenols is 1. The van der Waals surface area contributed by atoms with Crippen molar-refractivity contribution in [1.82, 2.24) is 0 Å². The van der Waals surface area contributed by atoms with Crippen molar-refractivity contribution < 1.29 is 19.7 Å². The second-order valence-corrected chi connectivity index (χ2v) is 3.66. The number of rotatable bonds is 3. The van der Waals surface area contributed by atoms with Gasteiger partial charge in [0.15, 0.2) is 0 Å². The van der Waals surface area contributed by atoms with E-state index in [1.807, 2.05) is 0 Å². The minimum atomic E-state index is -1.03. The summed E-state index contributed by atoms with van der Waals surface area (Å²) in [5.41, 5.74) is 0.745. The van der Waals surface area contributed by atoms with E-state index in [0.717, 1.165) is 12.8 Å². The monoisotopic (exact) mass is 208 g/mol. The van der Waals surface area contributed by atoms with Crippen LogP contribution in [0.4, 0.5) is 0 Å². The highest BCUT2D eigenvalue weighted by Gasteiger charge is 2.32. The van der Waals surface area contributed by atoms with Gasteiger partial charge in [-0.25, -0.2) is 4.79 Å². The van der Waals surface area contributed by atoms with Gasteiger partial charge in [-0.2, -0.15) is 0 Å². The minimum Gasteiger partial charge on any atom is -0.508 e. The topological polar surface area (TPSA) is 66.8 Å². The first-order valence-electron chi connectivity index (χ1n) is 4.78. The Balaban J connectivity index is 2.58. The summed E-state index contributed by atoms with van der Waals surface area (Å²) in [4.78, 5) is 10.9. The van der Waals surface area contributed by atoms with Crippen molar-refractivity contribution in [2.24, 2.45) is 0 Å². The third-order valence-corrected chi connectivity index (χ3v) is 2.59. The van der Waals surface area contributed by atoms with E-state index in [-0.39, 0.29) is 17.2 Å². The number of aromatic carboxylic acids is 1. The fourth-order valence-corrected chi connectivity index (χ4v) is 1.74. The summed E-state index contributed by atoms with van der Waals surface area (Å²) in [6.45, 7) is 0. The number of methoxy groups -OCH3 is 1. The molecule has 0 unspecified atom stereocenters. The predicted molar refractivity (Wildman–Crippen MR) is 53.6 cm³/mol. The molecule has 1 aromatic rings. The maximum atomic E-state index is 10.9. The first-order valence-corrected chi connectivity index (χ1v) is 4.78.